The Bertz CT molecular complexity index is 388. The molecule has 1 aliphatic heterocycles. The third-order valence-electron chi connectivity index (χ3n) is 3.79. The van der Waals surface area contributed by atoms with E-state index in [0.29, 0.717) is 19.0 Å². The maximum atomic E-state index is 11.8. The van der Waals surface area contributed by atoms with E-state index >= 15 is 0 Å². The molecule has 1 N–H and O–H groups in total. The smallest absolute Gasteiger partial charge is 0.220 e. The molecule has 4 nitrogen and oxygen atoms in total. The molecule has 0 saturated carbocycles. The van der Waals surface area contributed by atoms with E-state index in [9.17, 15) is 4.79 Å². The molecule has 1 amide bonds. The molecule has 1 aromatic heterocycles. The van der Waals surface area contributed by atoms with E-state index in [4.69, 9.17) is 0 Å². The lowest BCUT2D eigenvalue weighted by Crippen LogP contribution is -2.32. The quantitative estimate of drug-likeness (QED) is 0.851. The second-order valence-corrected chi connectivity index (χ2v) is 5.26. The standard InChI is InChI=1S/C15H23N3O/c1-13(18-10-2-3-11-18)4-5-15(19)17-12-14-6-8-16-9-7-14/h6-9,13H,2-5,10-12H2,1H3,(H,17,19)/t13-/m0/s1. The van der Waals surface area contributed by atoms with Crippen molar-refractivity contribution < 1.29 is 4.79 Å². The lowest BCUT2D eigenvalue weighted by atomic mass is 10.1. The van der Waals surface area contributed by atoms with Gasteiger partial charge >= 0.3 is 0 Å². The number of nitrogens with one attached hydrogen (secondary N) is 1. The summed E-state index contributed by atoms with van der Waals surface area (Å²) in [6.07, 6.45) is 7.66. The highest BCUT2D eigenvalue weighted by Crippen LogP contribution is 2.14. The van der Waals surface area contributed by atoms with Crippen LogP contribution in [0.2, 0.25) is 0 Å². The zero-order valence-corrected chi connectivity index (χ0v) is 11.6. The Morgan fingerprint density at radius 2 is 2.05 bits per heavy atom. The van der Waals surface area contributed by atoms with Crippen LogP contribution in [0.25, 0.3) is 0 Å². The molecule has 4 heteroatoms. The first-order chi connectivity index (χ1) is 9.25. The highest BCUT2D eigenvalue weighted by molar-refractivity contribution is 5.75. The van der Waals surface area contributed by atoms with Crippen molar-refractivity contribution >= 4 is 5.91 Å². The second kappa shape index (κ2) is 7.24. The summed E-state index contributed by atoms with van der Waals surface area (Å²) >= 11 is 0. The van der Waals surface area contributed by atoms with Gasteiger partial charge in [0.15, 0.2) is 0 Å². The van der Waals surface area contributed by atoms with Crippen molar-refractivity contribution in [2.24, 2.45) is 0 Å². The average Bonchev–Trinajstić information content (AvgIpc) is 2.98. The Hall–Kier alpha value is -1.42. The molecule has 0 aliphatic carbocycles. The van der Waals surface area contributed by atoms with Gasteiger partial charge in [-0.2, -0.15) is 0 Å². The van der Waals surface area contributed by atoms with Gasteiger partial charge < -0.3 is 10.2 Å². The summed E-state index contributed by atoms with van der Waals surface area (Å²) in [7, 11) is 0. The predicted molar refractivity (Wildman–Crippen MR) is 75.6 cm³/mol. The van der Waals surface area contributed by atoms with Crippen molar-refractivity contribution in [2.75, 3.05) is 13.1 Å². The summed E-state index contributed by atoms with van der Waals surface area (Å²) < 4.78 is 0. The molecule has 1 atom stereocenters. The van der Waals surface area contributed by atoms with E-state index in [2.05, 4.69) is 22.1 Å². The number of pyridine rings is 1. The van der Waals surface area contributed by atoms with Crippen LogP contribution in [0.5, 0.6) is 0 Å². The topological polar surface area (TPSA) is 45.2 Å². The van der Waals surface area contributed by atoms with E-state index < -0.39 is 0 Å². The van der Waals surface area contributed by atoms with E-state index in [1.165, 1.54) is 25.9 Å². The van der Waals surface area contributed by atoms with E-state index in [-0.39, 0.29) is 5.91 Å². The summed E-state index contributed by atoms with van der Waals surface area (Å²) in [4.78, 5) is 18.2. The molecule has 104 valence electrons. The number of rotatable bonds is 6. The number of hydrogen-bond acceptors (Lipinski definition) is 3. The fraction of sp³-hybridized carbons (Fsp3) is 0.600. The maximum absolute atomic E-state index is 11.8. The Morgan fingerprint density at radius 3 is 2.74 bits per heavy atom. The normalized spacial score (nSPS) is 17.3. The van der Waals surface area contributed by atoms with Crippen molar-refractivity contribution in [1.82, 2.24) is 15.2 Å². The summed E-state index contributed by atoms with van der Waals surface area (Å²) in [5, 5.41) is 2.96. The first-order valence-corrected chi connectivity index (χ1v) is 7.15. The number of amides is 1. The predicted octanol–water partition coefficient (Wildman–Crippen LogP) is 1.96. The van der Waals surface area contributed by atoms with Crippen molar-refractivity contribution in [3.63, 3.8) is 0 Å². The Kier molecular flexibility index (Phi) is 5.33. The third kappa shape index (κ3) is 4.63. The fourth-order valence-electron chi connectivity index (χ4n) is 2.49. The summed E-state index contributed by atoms with van der Waals surface area (Å²) in [5.74, 6) is 0.142. The third-order valence-corrected chi connectivity index (χ3v) is 3.79. The second-order valence-electron chi connectivity index (χ2n) is 5.26. The molecular formula is C15H23N3O. The molecule has 0 aromatic carbocycles. The highest BCUT2D eigenvalue weighted by Gasteiger charge is 2.18. The van der Waals surface area contributed by atoms with Crippen LogP contribution in [-0.2, 0) is 11.3 Å². The van der Waals surface area contributed by atoms with Gasteiger partial charge in [0.2, 0.25) is 5.91 Å². The van der Waals surface area contributed by atoms with Crippen LogP contribution in [0, 0.1) is 0 Å². The van der Waals surface area contributed by atoms with Crippen LogP contribution in [0.1, 0.15) is 38.2 Å². The summed E-state index contributed by atoms with van der Waals surface area (Å²) in [5.41, 5.74) is 1.09. The van der Waals surface area contributed by atoms with Crippen molar-refractivity contribution in [3.05, 3.63) is 30.1 Å². The Labute approximate surface area is 115 Å². The van der Waals surface area contributed by atoms with Crippen molar-refractivity contribution in [1.29, 1.82) is 0 Å². The van der Waals surface area contributed by atoms with E-state index in [0.717, 1.165) is 12.0 Å². The summed E-state index contributed by atoms with van der Waals surface area (Å²) in [6.45, 7) is 5.21. The van der Waals surface area contributed by atoms with Crippen molar-refractivity contribution in [3.8, 4) is 0 Å². The number of nitrogens with zero attached hydrogens (tertiary/aromatic N) is 2. The zero-order chi connectivity index (χ0) is 13.5. The van der Waals surface area contributed by atoms with Crippen LogP contribution >= 0.6 is 0 Å². The Balaban J connectivity index is 1.64. The maximum Gasteiger partial charge on any atom is 0.220 e. The minimum Gasteiger partial charge on any atom is -0.352 e. The minimum atomic E-state index is 0.142. The lowest BCUT2D eigenvalue weighted by Gasteiger charge is -2.23. The monoisotopic (exact) mass is 261 g/mol. The van der Waals surface area contributed by atoms with Crippen molar-refractivity contribution in [2.45, 2.75) is 45.2 Å². The molecule has 19 heavy (non-hydrogen) atoms. The van der Waals surface area contributed by atoms with Gasteiger partial charge in [-0.15, -0.1) is 0 Å². The van der Waals surface area contributed by atoms with Gasteiger partial charge in [0.25, 0.3) is 0 Å². The fourth-order valence-corrected chi connectivity index (χ4v) is 2.49. The largest absolute Gasteiger partial charge is 0.352 e. The van der Waals surface area contributed by atoms with Gasteiger partial charge in [-0.3, -0.25) is 9.78 Å². The highest BCUT2D eigenvalue weighted by atomic mass is 16.1. The minimum absolute atomic E-state index is 0.142. The van der Waals surface area contributed by atoms with E-state index in [1.807, 2.05) is 12.1 Å². The van der Waals surface area contributed by atoms with Crippen LogP contribution in [0.3, 0.4) is 0 Å². The summed E-state index contributed by atoms with van der Waals surface area (Å²) in [6, 6.07) is 4.37. The number of aromatic nitrogens is 1. The van der Waals surface area contributed by atoms with Gasteiger partial charge in [0, 0.05) is 31.4 Å². The molecule has 0 radical (unpaired) electrons. The number of carbonyl (C=O) groups is 1. The Morgan fingerprint density at radius 1 is 1.37 bits per heavy atom. The number of likely N-dealkylation sites (tertiary alicyclic amines) is 1. The molecule has 1 saturated heterocycles. The number of hydrogen-bond donors (Lipinski definition) is 1. The zero-order valence-electron chi connectivity index (χ0n) is 11.6. The molecule has 0 spiro atoms. The lowest BCUT2D eigenvalue weighted by molar-refractivity contribution is -0.121. The van der Waals surface area contributed by atoms with Gasteiger partial charge in [-0.25, -0.2) is 0 Å². The first-order valence-electron chi connectivity index (χ1n) is 7.15. The average molecular weight is 261 g/mol. The number of carbonyl (C=O) groups excluding carboxylic acids is 1. The SMILES string of the molecule is C[C@@H](CCC(=O)NCc1ccncc1)N1CCCC1. The molecule has 2 rings (SSSR count). The molecule has 1 aromatic rings. The first kappa shape index (κ1) is 14.0. The van der Waals surface area contributed by atoms with Gasteiger partial charge in [-0.05, 0) is 57.0 Å². The van der Waals surface area contributed by atoms with Gasteiger partial charge in [-0.1, -0.05) is 0 Å². The molecule has 0 bridgehead atoms. The van der Waals surface area contributed by atoms with Crippen LogP contribution in [0.4, 0.5) is 0 Å². The van der Waals surface area contributed by atoms with Gasteiger partial charge in [0.05, 0.1) is 0 Å². The molecular weight excluding hydrogens is 238 g/mol. The van der Waals surface area contributed by atoms with Crippen LogP contribution < -0.4 is 5.32 Å². The molecule has 2 heterocycles. The molecule has 1 aliphatic rings. The molecule has 0 unspecified atom stereocenters. The van der Waals surface area contributed by atoms with Crippen LogP contribution in [-0.4, -0.2) is 34.9 Å². The molecule has 1 fully saturated rings. The van der Waals surface area contributed by atoms with Gasteiger partial charge in [0.1, 0.15) is 0 Å². The van der Waals surface area contributed by atoms with E-state index in [1.54, 1.807) is 12.4 Å². The van der Waals surface area contributed by atoms with Crippen LogP contribution in [0.15, 0.2) is 24.5 Å².